The number of para-hydroxylation sites is 1. The monoisotopic (exact) mass is 232 g/mol. The number of aliphatic imine (C=N–C) groups is 1. The van der Waals surface area contributed by atoms with Gasteiger partial charge in [0.25, 0.3) is 0 Å². The van der Waals surface area contributed by atoms with E-state index in [4.69, 9.17) is 5.84 Å². The summed E-state index contributed by atoms with van der Waals surface area (Å²) in [6.45, 7) is 2.08. The predicted molar refractivity (Wildman–Crippen MR) is 70.9 cm³/mol. The Bertz CT molecular complexity index is 353. The van der Waals surface area contributed by atoms with Gasteiger partial charge in [0.05, 0.1) is 5.69 Å². The average Bonchev–Trinajstić information content (AvgIpc) is 2.66. The molecule has 0 unspecified atom stereocenters. The summed E-state index contributed by atoms with van der Waals surface area (Å²) >= 11 is 0. The Morgan fingerprint density at radius 3 is 2.29 bits per heavy atom. The summed E-state index contributed by atoms with van der Waals surface area (Å²) in [5, 5.41) is 0. The molecule has 92 valence electrons. The van der Waals surface area contributed by atoms with E-state index in [1.165, 1.54) is 25.7 Å². The number of guanidine groups is 1. The van der Waals surface area contributed by atoms with Gasteiger partial charge in [-0.25, -0.2) is 10.8 Å². The summed E-state index contributed by atoms with van der Waals surface area (Å²) in [7, 11) is 0. The number of rotatable bonds is 1. The van der Waals surface area contributed by atoms with Gasteiger partial charge in [-0.2, -0.15) is 0 Å². The summed E-state index contributed by atoms with van der Waals surface area (Å²) in [4.78, 5) is 6.78. The van der Waals surface area contributed by atoms with Gasteiger partial charge in [-0.1, -0.05) is 31.0 Å². The van der Waals surface area contributed by atoms with Crippen molar-refractivity contribution in [2.45, 2.75) is 25.7 Å². The van der Waals surface area contributed by atoms with Crippen molar-refractivity contribution >= 4 is 11.6 Å². The standard InChI is InChI=1S/C13H20N4/c14-16-13(15-12-8-4-3-5-9-12)17-10-6-1-2-7-11-17/h3-5,8-9H,1-2,6-7,10-11,14H2,(H,15,16). The molecule has 0 bridgehead atoms. The molecule has 4 nitrogen and oxygen atoms in total. The third-order valence-corrected chi connectivity index (χ3v) is 3.03. The summed E-state index contributed by atoms with van der Waals surface area (Å²) in [6, 6.07) is 9.91. The minimum Gasteiger partial charge on any atom is -0.342 e. The first-order valence-corrected chi connectivity index (χ1v) is 6.25. The summed E-state index contributed by atoms with van der Waals surface area (Å²) < 4.78 is 0. The van der Waals surface area contributed by atoms with Crippen LogP contribution in [0.5, 0.6) is 0 Å². The van der Waals surface area contributed by atoms with E-state index in [2.05, 4.69) is 15.3 Å². The van der Waals surface area contributed by atoms with E-state index in [1.807, 2.05) is 30.3 Å². The zero-order valence-corrected chi connectivity index (χ0v) is 10.1. The third kappa shape index (κ3) is 3.46. The minimum absolute atomic E-state index is 0.776. The van der Waals surface area contributed by atoms with Crippen molar-refractivity contribution in [3.05, 3.63) is 30.3 Å². The predicted octanol–water partition coefficient (Wildman–Crippen LogP) is 2.01. The van der Waals surface area contributed by atoms with Crippen LogP contribution in [0.15, 0.2) is 35.3 Å². The maximum atomic E-state index is 5.58. The highest BCUT2D eigenvalue weighted by atomic mass is 15.4. The fourth-order valence-electron chi connectivity index (χ4n) is 2.10. The van der Waals surface area contributed by atoms with Crippen LogP contribution in [0.4, 0.5) is 5.69 Å². The number of nitrogens with zero attached hydrogens (tertiary/aromatic N) is 2. The Kier molecular flexibility index (Phi) is 4.38. The van der Waals surface area contributed by atoms with Crippen molar-refractivity contribution in [2.24, 2.45) is 10.8 Å². The van der Waals surface area contributed by atoms with E-state index in [-0.39, 0.29) is 0 Å². The molecule has 1 aliphatic rings. The Balaban J connectivity index is 2.11. The van der Waals surface area contributed by atoms with Crippen LogP contribution in [0.3, 0.4) is 0 Å². The average molecular weight is 232 g/mol. The fourth-order valence-corrected chi connectivity index (χ4v) is 2.10. The molecular weight excluding hydrogens is 212 g/mol. The van der Waals surface area contributed by atoms with Gasteiger partial charge < -0.3 is 4.90 Å². The van der Waals surface area contributed by atoms with Crippen molar-refractivity contribution in [3.8, 4) is 0 Å². The molecule has 0 aromatic heterocycles. The molecule has 0 saturated carbocycles. The number of hydrazine groups is 1. The molecule has 2 rings (SSSR count). The van der Waals surface area contributed by atoms with Gasteiger partial charge in [0.2, 0.25) is 5.96 Å². The van der Waals surface area contributed by atoms with E-state index in [1.54, 1.807) is 0 Å². The first kappa shape index (κ1) is 11.9. The highest BCUT2D eigenvalue weighted by Crippen LogP contribution is 2.13. The summed E-state index contributed by atoms with van der Waals surface area (Å²) in [6.07, 6.45) is 5.05. The number of nitrogens with one attached hydrogen (secondary N) is 1. The molecule has 1 aromatic rings. The first-order chi connectivity index (χ1) is 8.40. The van der Waals surface area contributed by atoms with E-state index < -0.39 is 0 Å². The van der Waals surface area contributed by atoms with Gasteiger partial charge in [-0.3, -0.25) is 5.43 Å². The Morgan fingerprint density at radius 2 is 1.71 bits per heavy atom. The molecule has 0 aliphatic carbocycles. The maximum Gasteiger partial charge on any atom is 0.213 e. The Hall–Kier alpha value is -1.55. The van der Waals surface area contributed by atoms with Crippen molar-refractivity contribution in [2.75, 3.05) is 13.1 Å². The van der Waals surface area contributed by atoms with E-state index >= 15 is 0 Å². The first-order valence-electron chi connectivity index (χ1n) is 6.25. The van der Waals surface area contributed by atoms with Crippen LogP contribution in [0.1, 0.15) is 25.7 Å². The topological polar surface area (TPSA) is 53.6 Å². The molecule has 1 fully saturated rings. The smallest absolute Gasteiger partial charge is 0.213 e. The lowest BCUT2D eigenvalue weighted by atomic mass is 10.2. The summed E-state index contributed by atoms with van der Waals surface area (Å²) in [5.74, 6) is 6.36. The quantitative estimate of drug-likeness (QED) is 0.337. The molecule has 1 heterocycles. The van der Waals surface area contributed by atoms with Crippen molar-refractivity contribution in [3.63, 3.8) is 0 Å². The highest BCUT2D eigenvalue weighted by Gasteiger charge is 2.12. The molecule has 17 heavy (non-hydrogen) atoms. The number of hydrogen-bond acceptors (Lipinski definition) is 2. The molecule has 0 spiro atoms. The normalized spacial score (nSPS) is 17.7. The molecule has 1 saturated heterocycles. The molecule has 4 heteroatoms. The van der Waals surface area contributed by atoms with Crippen molar-refractivity contribution in [1.29, 1.82) is 0 Å². The second kappa shape index (κ2) is 6.25. The molecule has 0 amide bonds. The second-order valence-electron chi connectivity index (χ2n) is 4.32. The number of hydrogen-bond donors (Lipinski definition) is 2. The van der Waals surface area contributed by atoms with Gasteiger partial charge in [0.1, 0.15) is 0 Å². The van der Waals surface area contributed by atoms with Crippen molar-refractivity contribution < 1.29 is 0 Å². The molecular formula is C13H20N4. The molecule has 0 radical (unpaired) electrons. The van der Waals surface area contributed by atoms with Crippen LogP contribution in [-0.4, -0.2) is 23.9 Å². The summed E-state index contributed by atoms with van der Waals surface area (Å²) in [5.41, 5.74) is 3.66. The van der Waals surface area contributed by atoms with Gasteiger partial charge in [0.15, 0.2) is 0 Å². The Labute approximate surface area is 102 Å². The van der Waals surface area contributed by atoms with Gasteiger partial charge in [-0.15, -0.1) is 0 Å². The minimum atomic E-state index is 0.776. The van der Waals surface area contributed by atoms with Crippen molar-refractivity contribution in [1.82, 2.24) is 10.3 Å². The largest absolute Gasteiger partial charge is 0.342 e. The molecule has 1 aliphatic heterocycles. The van der Waals surface area contributed by atoms with Crippen LogP contribution >= 0.6 is 0 Å². The van der Waals surface area contributed by atoms with Crippen LogP contribution in [0.25, 0.3) is 0 Å². The fraction of sp³-hybridized carbons (Fsp3) is 0.462. The lowest BCUT2D eigenvalue weighted by molar-refractivity contribution is 0.419. The SMILES string of the molecule is NNC(=Nc1ccccc1)N1CCCCCC1. The van der Waals surface area contributed by atoms with E-state index in [0.717, 1.165) is 24.7 Å². The van der Waals surface area contributed by atoms with Crippen LogP contribution < -0.4 is 11.3 Å². The lowest BCUT2D eigenvalue weighted by Crippen LogP contribution is -2.45. The van der Waals surface area contributed by atoms with Gasteiger partial charge in [-0.05, 0) is 25.0 Å². The maximum absolute atomic E-state index is 5.58. The zero-order chi connectivity index (χ0) is 11.9. The molecule has 1 aromatic carbocycles. The van der Waals surface area contributed by atoms with Crippen LogP contribution in [0, 0.1) is 0 Å². The van der Waals surface area contributed by atoms with Gasteiger partial charge in [0, 0.05) is 13.1 Å². The lowest BCUT2D eigenvalue weighted by Gasteiger charge is -2.23. The molecule has 0 atom stereocenters. The van der Waals surface area contributed by atoms with Crippen LogP contribution in [-0.2, 0) is 0 Å². The third-order valence-electron chi connectivity index (χ3n) is 3.03. The number of benzene rings is 1. The van der Waals surface area contributed by atoms with Crippen LogP contribution in [0.2, 0.25) is 0 Å². The second-order valence-corrected chi connectivity index (χ2v) is 4.32. The number of nitrogens with two attached hydrogens (primary N) is 1. The van der Waals surface area contributed by atoms with Gasteiger partial charge >= 0.3 is 0 Å². The number of likely N-dealkylation sites (tertiary alicyclic amines) is 1. The van der Waals surface area contributed by atoms with E-state index in [9.17, 15) is 0 Å². The van der Waals surface area contributed by atoms with E-state index in [0.29, 0.717) is 0 Å². The Morgan fingerprint density at radius 1 is 1.06 bits per heavy atom. The zero-order valence-electron chi connectivity index (χ0n) is 10.1. The molecule has 3 N–H and O–H groups in total. The highest BCUT2D eigenvalue weighted by molar-refractivity contribution is 5.82.